The SMILES string of the molecule is C/C=C/CCC1CCC(C2CCC(C(F)(F)Cc3ccc(C)c(F)c3)CC2)CC1. The lowest BCUT2D eigenvalue weighted by atomic mass is 9.67. The smallest absolute Gasteiger partial charge is 0.207 e. The van der Waals surface area contributed by atoms with Crippen LogP contribution in [0.3, 0.4) is 0 Å². The largest absolute Gasteiger partial charge is 0.254 e. The van der Waals surface area contributed by atoms with E-state index in [0.717, 1.165) is 24.7 Å². The van der Waals surface area contributed by atoms with Gasteiger partial charge in [-0.2, -0.15) is 0 Å². The number of hydrogen-bond acceptors (Lipinski definition) is 0. The van der Waals surface area contributed by atoms with Gasteiger partial charge in [-0.3, -0.25) is 0 Å². The molecule has 0 radical (unpaired) electrons. The van der Waals surface area contributed by atoms with Crippen LogP contribution < -0.4 is 0 Å². The third-order valence-electron chi connectivity index (χ3n) is 7.58. The first-order valence-electron chi connectivity index (χ1n) is 11.6. The van der Waals surface area contributed by atoms with E-state index in [1.165, 1.54) is 44.6 Å². The van der Waals surface area contributed by atoms with Gasteiger partial charge in [-0.15, -0.1) is 0 Å². The van der Waals surface area contributed by atoms with E-state index in [1.54, 1.807) is 19.1 Å². The summed E-state index contributed by atoms with van der Waals surface area (Å²) in [5.74, 6) is -1.44. The van der Waals surface area contributed by atoms with Gasteiger partial charge in [0, 0.05) is 12.3 Å². The van der Waals surface area contributed by atoms with Crippen molar-refractivity contribution < 1.29 is 13.2 Å². The Labute approximate surface area is 175 Å². The minimum absolute atomic E-state index is 0.336. The molecule has 0 aromatic heterocycles. The molecule has 0 N–H and O–H groups in total. The number of halogens is 3. The molecule has 2 saturated carbocycles. The van der Waals surface area contributed by atoms with Crippen LogP contribution in [0.5, 0.6) is 0 Å². The molecule has 0 heterocycles. The zero-order valence-corrected chi connectivity index (χ0v) is 18.1. The Morgan fingerprint density at radius 3 is 2.17 bits per heavy atom. The maximum absolute atomic E-state index is 14.9. The molecule has 0 unspecified atom stereocenters. The number of rotatable bonds is 7. The van der Waals surface area contributed by atoms with E-state index in [2.05, 4.69) is 19.1 Å². The second-order valence-electron chi connectivity index (χ2n) is 9.56. The summed E-state index contributed by atoms with van der Waals surface area (Å²) in [5, 5.41) is 0. The van der Waals surface area contributed by atoms with Gasteiger partial charge in [0.2, 0.25) is 0 Å². The fraction of sp³-hybridized carbons (Fsp3) is 0.692. The molecule has 162 valence electrons. The van der Waals surface area contributed by atoms with Crippen LogP contribution in [-0.4, -0.2) is 5.92 Å². The Hall–Kier alpha value is -1.25. The first kappa shape index (κ1) is 22.4. The molecule has 2 aliphatic carbocycles. The van der Waals surface area contributed by atoms with E-state index in [-0.39, 0.29) is 12.2 Å². The van der Waals surface area contributed by atoms with Crippen LogP contribution in [0, 0.1) is 36.4 Å². The van der Waals surface area contributed by atoms with Gasteiger partial charge in [-0.1, -0.05) is 37.1 Å². The summed E-state index contributed by atoms with van der Waals surface area (Å²) in [6.45, 7) is 3.74. The Bertz CT molecular complexity index is 663. The molecule has 1 aromatic carbocycles. The van der Waals surface area contributed by atoms with Crippen LogP contribution in [0.25, 0.3) is 0 Å². The predicted molar refractivity (Wildman–Crippen MR) is 115 cm³/mol. The number of benzene rings is 1. The molecule has 1 aromatic rings. The fourth-order valence-corrected chi connectivity index (χ4v) is 5.62. The normalized spacial score (nSPS) is 28.7. The highest BCUT2D eigenvalue weighted by Crippen LogP contribution is 2.46. The van der Waals surface area contributed by atoms with Crippen LogP contribution >= 0.6 is 0 Å². The molecule has 0 nitrogen and oxygen atoms in total. The Balaban J connectivity index is 1.45. The summed E-state index contributed by atoms with van der Waals surface area (Å²) in [7, 11) is 0. The fourth-order valence-electron chi connectivity index (χ4n) is 5.62. The summed E-state index contributed by atoms with van der Waals surface area (Å²) >= 11 is 0. The van der Waals surface area contributed by atoms with Crippen molar-refractivity contribution in [1.29, 1.82) is 0 Å². The van der Waals surface area contributed by atoms with Crippen molar-refractivity contribution in [3.63, 3.8) is 0 Å². The molecule has 0 spiro atoms. The van der Waals surface area contributed by atoms with Gasteiger partial charge < -0.3 is 0 Å². The summed E-state index contributed by atoms with van der Waals surface area (Å²) in [6.07, 6.45) is 14.9. The van der Waals surface area contributed by atoms with Crippen molar-refractivity contribution >= 4 is 0 Å². The second kappa shape index (κ2) is 10.2. The van der Waals surface area contributed by atoms with E-state index in [9.17, 15) is 13.2 Å². The molecule has 2 fully saturated rings. The molecule has 3 rings (SSSR count). The molecular formula is C26H37F3. The van der Waals surface area contributed by atoms with Crippen molar-refractivity contribution in [2.24, 2.45) is 23.7 Å². The highest BCUT2D eigenvalue weighted by molar-refractivity contribution is 5.24. The van der Waals surface area contributed by atoms with Gasteiger partial charge in [-0.05, 0) is 100 Å². The van der Waals surface area contributed by atoms with E-state index in [0.29, 0.717) is 29.9 Å². The molecular weight excluding hydrogens is 369 g/mol. The molecule has 0 atom stereocenters. The summed E-state index contributed by atoms with van der Waals surface area (Å²) in [6, 6.07) is 4.53. The summed E-state index contributed by atoms with van der Waals surface area (Å²) < 4.78 is 43.5. The van der Waals surface area contributed by atoms with Gasteiger partial charge in [0.05, 0.1) is 0 Å². The van der Waals surface area contributed by atoms with E-state index >= 15 is 0 Å². The average molecular weight is 407 g/mol. The van der Waals surface area contributed by atoms with Gasteiger partial charge in [0.1, 0.15) is 5.82 Å². The molecule has 0 saturated heterocycles. The first-order valence-corrected chi connectivity index (χ1v) is 11.6. The number of alkyl halides is 2. The summed E-state index contributed by atoms with van der Waals surface area (Å²) in [5.41, 5.74) is 0.922. The van der Waals surface area contributed by atoms with E-state index in [4.69, 9.17) is 0 Å². The molecule has 3 heteroatoms. The van der Waals surface area contributed by atoms with Crippen molar-refractivity contribution in [2.45, 2.75) is 90.4 Å². The van der Waals surface area contributed by atoms with E-state index < -0.39 is 11.8 Å². The van der Waals surface area contributed by atoms with Crippen molar-refractivity contribution in [3.05, 3.63) is 47.3 Å². The van der Waals surface area contributed by atoms with Crippen LogP contribution in [0.1, 0.15) is 82.3 Å². The van der Waals surface area contributed by atoms with Crippen molar-refractivity contribution in [1.82, 2.24) is 0 Å². The maximum atomic E-state index is 14.9. The summed E-state index contributed by atoms with van der Waals surface area (Å²) in [4.78, 5) is 0. The van der Waals surface area contributed by atoms with Crippen molar-refractivity contribution in [2.75, 3.05) is 0 Å². The Morgan fingerprint density at radius 2 is 1.59 bits per heavy atom. The highest BCUT2D eigenvalue weighted by Gasteiger charge is 2.42. The standard InChI is InChI=1S/C26H37F3/c1-3-4-5-6-20-9-11-22(12-10-20)23-13-15-24(16-14-23)26(28,29)18-21-8-7-19(2)25(27)17-21/h3-4,7-8,17,20,22-24H,5-6,9-16,18H2,1-2H3/b4-3+. The zero-order chi connectivity index (χ0) is 20.9. The number of aryl methyl sites for hydroxylation is 1. The molecule has 2 aliphatic rings. The van der Waals surface area contributed by atoms with Crippen LogP contribution in [0.4, 0.5) is 13.2 Å². The molecule has 0 amide bonds. The zero-order valence-electron chi connectivity index (χ0n) is 18.1. The quantitative estimate of drug-likeness (QED) is 0.400. The molecule has 0 bridgehead atoms. The minimum Gasteiger partial charge on any atom is -0.207 e. The average Bonchev–Trinajstić information content (AvgIpc) is 2.71. The van der Waals surface area contributed by atoms with Crippen LogP contribution in [0.15, 0.2) is 30.4 Å². The van der Waals surface area contributed by atoms with Gasteiger partial charge in [0.15, 0.2) is 0 Å². The third-order valence-corrected chi connectivity index (χ3v) is 7.58. The third kappa shape index (κ3) is 6.12. The van der Waals surface area contributed by atoms with Gasteiger partial charge >= 0.3 is 0 Å². The highest BCUT2D eigenvalue weighted by atomic mass is 19.3. The van der Waals surface area contributed by atoms with Gasteiger partial charge in [0.25, 0.3) is 5.92 Å². The Kier molecular flexibility index (Phi) is 7.87. The maximum Gasteiger partial charge on any atom is 0.254 e. The lowest BCUT2D eigenvalue weighted by molar-refractivity contribution is -0.0777. The first-order chi connectivity index (χ1) is 13.9. The van der Waals surface area contributed by atoms with Crippen LogP contribution in [0.2, 0.25) is 0 Å². The second-order valence-corrected chi connectivity index (χ2v) is 9.56. The van der Waals surface area contributed by atoms with Crippen LogP contribution in [-0.2, 0) is 6.42 Å². The predicted octanol–water partition coefficient (Wildman–Crippen LogP) is 8.28. The Morgan fingerprint density at radius 1 is 0.966 bits per heavy atom. The molecule has 29 heavy (non-hydrogen) atoms. The minimum atomic E-state index is -2.74. The number of hydrogen-bond donors (Lipinski definition) is 0. The van der Waals surface area contributed by atoms with E-state index in [1.807, 2.05) is 0 Å². The van der Waals surface area contributed by atoms with Gasteiger partial charge in [-0.25, -0.2) is 13.2 Å². The lowest BCUT2D eigenvalue weighted by Crippen LogP contribution is -2.35. The number of allylic oxidation sites excluding steroid dienone is 2. The lowest BCUT2D eigenvalue weighted by Gasteiger charge is -2.39. The topological polar surface area (TPSA) is 0 Å². The molecule has 0 aliphatic heterocycles. The monoisotopic (exact) mass is 406 g/mol. The van der Waals surface area contributed by atoms with Crippen molar-refractivity contribution in [3.8, 4) is 0 Å².